The lowest BCUT2D eigenvalue weighted by atomic mass is 10.1. The quantitative estimate of drug-likeness (QED) is 0.514. The molecule has 0 aromatic heterocycles. The molecule has 0 aliphatic carbocycles. The van der Waals surface area contributed by atoms with E-state index in [1.807, 2.05) is 0 Å². The van der Waals surface area contributed by atoms with Gasteiger partial charge in [-0.2, -0.15) is 0 Å². The number of rotatable bonds is 3. The van der Waals surface area contributed by atoms with E-state index in [1.165, 1.54) is 6.92 Å². The molecule has 2 heteroatoms. The van der Waals surface area contributed by atoms with Crippen molar-refractivity contribution in [1.29, 1.82) is 0 Å². The standard InChI is InChI=1S/C6H11FO/c1-5(4-8)3-6(2)7/h4-6H,3H2,1-2H3/t5-,6-/m0/s1. The number of hydrogen-bond acceptors (Lipinski definition) is 1. The zero-order valence-electron chi connectivity index (χ0n) is 5.23. The fourth-order valence-electron chi connectivity index (χ4n) is 0.568. The van der Waals surface area contributed by atoms with E-state index < -0.39 is 6.17 Å². The van der Waals surface area contributed by atoms with E-state index in [-0.39, 0.29) is 5.92 Å². The van der Waals surface area contributed by atoms with Crippen molar-refractivity contribution in [2.24, 2.45) is 5.92 Å². The van der Waals surface area contributed by atoms with E-state index in [2.05, 4.69) is 0 Å². The number of alkyl halides is 1. The Morgan fingerprint density at radius 1 is 1.62 bits per heavy atom. The highest BCUT2D eigenvalue weighted by Crippen LogP contribution is 2.04. The number of carbonyl (C=O) groups is 1. The van der Waals surface area contributed by atoms with Gasteiger partial charge in [0.05, 0.1) is 6.17 Å². The Morgan fingerprint density at radius 2 is 2.12 bits per heavy atom. The van der Waals surface area contributed by atoms with Crippen LogP contribution < -0.4 is 0 Å². The molecule has 0 rings (SSSR count). The second-order valence-electron chi connectivity index (χ2n) is 2.13. The molecule has 0 saturated heterocycles. The minimum atomic E-state index is -0.852. The summed E-state index contributed by atoms with van der Waals surface area (Å²) in [6.07, 6.45) is 0.273. The molecule has 0 aromatic rings. The summed E-state index contributed by atoms with van der Waals surface area (Å²) in [4.78, 5) is 9.87. The summed E-state index contributed by atoms with van der Waals surface area (Å²) in [5, 5.41) is 0. The van der Waals surface area contributed by atoms with Crippen LogP contribution in [0.3, 0.4) is 0 Å². The molecule has 0 aliphatic rings. The number of carbonyl (C=O) groups excluding carboxylic acids is 1. The molecule has 0 bridgehead atoms. The second-order valence-corrected chi connectivity index (χ2v) is 2.13. The van der Waals surface area contributed by atoms with Crippen LogP contribution >= 0.6 is 0 Å². The van der Waals surface area contributed by atoms with Gasteiger partial charge >= 0.3 is 0 Å². The van der Waals surface area contributed by atoms with E-state index in [1.54, 1.807) is 6.92 Å². The van der Waals surface area contributed by atoms with Gasteiger partial charge in [0.2, 0.25) is 0 Å². The van der Waals surface area contributed by atoms with Crippen LogP contribution in [0.1, 0.15) is 20.3 Å². The van der Waals surface area contributed by atoms with Crippen molar-refractivity contribution in [3.8, 4) is 0 Å². The second kappa shape index (κ2) is 3.58. The summed E-state index contributed by atoms with van der Waals surface area (Å²) in [7, 11) is 0. The van der Waals surface area contributed by atoms with Crippen molar-refractivity contribution in [3.63, 3.8) is 0 Å². The van der Waals surface area contributed by atoms with Crippen LogP contribution in [0.4, 0.5) is 4.39 Å². The minimum Gasteiger partial charge on any atom is -0.303 e. The lowest BCUT2D eigenvalue weighted by Crippen LogP contribution is -2.03. The zero-order chi connectivity index (χ0) is 6.57. The van der Waals surface area contributed by atoms with Gasteiger partial charge < -0.3 is 4.79 Å². The third-order valence-corrected chi connectivity index (χ3v) is 0.929. The van der Waals surface area contributed by atoms with Gasteiger partial charge in [0.1, 0.15) is 6.29 Å². The van der Waals surface area contributed by atoms with Crippen LogP contribution in [0, 0.1) is 5.92 Å². The zero-order valence-corrected chi connectivity index (χ0v) is 5.23. The van der Waals surface area contributed by atoms with Crippen LogP contribution in [0.15, 0.2) is 0 Å². The van der Waals surface area contributed by atoms with Crippen LogP contribution in [-0.4, -0.2) is 12.5 Å². The monoisotopic (exact) mass is 118 g/mol. The van der Waals surface area contributed by atoms with Crippen LogP contribution in [0.25, 0.3) is 0 Å². The van der Waals surface area contributed by atoms with Crippen LogP contribution in [0.5, 0.6) is 0 Å². The normalized spacial score (nSPS) is 17.4. The molecule has 2 atom stereocenters. The van der Waals surface area contributed by atoms with E-state index >= 15 is 0 Å². The van der Waals surface area contributed by atoms with Gasteiger partial charge in [0.15, 0.2) is 0 Å². The third kappa shape index (κ3) is 3.78. The largest absolute Gasteiger partial charge is 0.303 e. The van der Waals surface area contributed by atoms with Gasteiger partial charge in [-0.05, 0) is 13.3 Å². The molecule has 48 valence electrons. The van der Waals surface area contributed by atoms with Crippen molar-refractivity contribution in [2.75, 3.05) is 0 Å². The Kier molecular flexibility index (Phi) is 3.40. The highest BCUT2D eigenvalue weighted by Gasteiger charge is 2.04. The van der Waals surface area contributed by atoms with E-state index in [4.69, 9.17) is 0 Å². The smallest absolute Gasteiger partial charge is 0.122 e. The molecule has 0 aliphatic heterocycles. The molecule has 0 aromatic carbocycles. The lowest BCUT2D eigenvalue weighted by Gasteiger charge is -2.01. The molecule has 0 radical (unpaired) electrons. The fourth-order valence-corrected chi connectivity index (χ4v) is 0.568. The molecule has 8 heavy (non-hydrogen) atoms. The highest BCUT2D eigenvalue weighted by atomic mass is 19.1. The maximum atomic E-state index is 12.0. The first-order chi connectivity index (χ1) is 3.66. The van der Waals surface area contributed by atoms with Gasteiger partial charge in [-0.15, -0.1) is 0 Å². The summed E-state index contributed by atoms with van der Waals surface area (Å²) in [5.74, 6) is -0.130. The maximum Gasteiger partial charge on any atom is 0.122 e. The molecule has 0 unspecified atom stereocenters. The molecular formula is C6H11FO. The molecule has 0 fully saturated rings. The molecule has 0 N–H and O–H groups in total. The molecule has 1 nitrogen and oxygen atoms in total. The van der Waals surface area contributed by atoms with Crippen molar-refractivity contribution >= 4 is 6.29 Å². The average Bonchev–Trinajstić information content (AvgIpc) is 1.65. The summed E-state index contributed by atoms with van der Waals surface area (Å²) >= 11 is 0. The minimum absolute atomic E-state index is 0.130. The number of halogens is 1. The van der Waals surface area contributed by atoms with Gasteiger partial charge in [0, 0.05) is 5.92 Å². The van der Waals surface area contributed by atoms with Gasteiger partial charge in [0.25, 0.3) is 0 Å². The van der Waals surface area contributed by atoms with Crippen molar-refractivity contribution in [3.05, 3.63) is 0 Å². The van der Waals surface area contributed by atoms with E-state index in [0.29, 0.717) is 6.42 Å². The SMILES string of the molecule is C[C@H](F)C[C@H](C)C=O. The van der Waals surface area contributed by atoms with Gasteiger partial charge in [-0.1, -0.05) is 6.92 Å². The molecule has 0 heterocycles. The Labute approximate surface area is 48.9 Å². The molecular weight excluding hydrogens is 107 g/mol. The summed E-state index contributed by atoms with van der Waals surface area (Å²) in [6, 6.07) is 0. The lowest BCUT2D eigenvalue weighted by molar-refractivity contribution is -0.111. The van der Waals surface area contributed by atoms with Crippen molar-refractivity contribution in [1.82, 2.24) is 0 Å². The predicted octanol–water partition coefficient (Wildman–Crippen LogP) is 1.57. The van der Waals surface area contributed by atoms with Crippen molar-refractivity contribution in [2.45, 2.75) is 26.4 Å². The molecule has 0 amide bonds. The van der Waals surface area contributed by atoms with Crippen molar-refractivity contribution < 1.29 is 9.18 Å². The van der Waals surface area contributed by atoms with E-state index in [9.17, 15) is 9.18 Å². The molecule has 0 spiro atoms. The highest BCUT2D eigenvalue weighted by molar-refractivity contribution is 5.52. The fraction of sp³-hybridized carbons (Fsp3) is 0.833. The van der Waals surface area contributed by atoms with Crippen LogP contribution in [0.2, 0.25) is 0 Å². The average molecular weight is 118 g/mol. The first-order valence-corrected chi connectivity index (χ1v) is 2.76. The Hall–Kier alpha value is -0.400. The van der Waals surface area contributed by atoms with Gasteiger partial charge in [-0.25, -0.2) is 4.39 Å². The maximum absolute atomic E-state index is 12.0. The van der Waals surface area contributed by atoms with E-state index in [0.717, 1.165) is 6.29 Å². The Bertz CT molecular complexity index is 70.9. The Morgan fingerprint density at radius 3 is 2.25 bits per heavy atom. The third-order valence-electron chi connectivity index (χ3n) is 0.929. The number of aldehydes is 1. The number of hydrogen-bond donors (Lipinski definition) is 0. The first-order valence-electron chi connectivity index (χ1n) is 2.76. The van der Waals surface area contributed by atoms with Gasteiger partial charge in [-0.3, -0.25) is 0 Å². The summed E-state index contributed by atoms with van der Waals surface area (Å²) < 4.78 is 12.0. The van der Waals surface area contributed by atoms with Crippen LogP contribution in [-0.2, 0) is 4.79 Å². The topological polar surface area (TPSA) is 17.1 Å². The first kappa shape index (κ1) is 7.60. The predicted molar refractivity (Wildman–Crippen MR) is 30.4 cm³/mol. The Balaban J connectivity index is 3.23. The summed E-state index contributed by atoms with van der Waals surface area (Å²) in [5.41, 5.74) is 0. The summed E-state index contributed by atoms with van der Waals surface area (Å²) in [6.45, 7) is 3.17. The molecule has 0 saturated carbocycles.